The summed E-state index contributed by atoms with van der Waals surface area (Å²) in [7, 11) is 0. The van der Waals surface area contributed by atoms with Gasteiger partial charge in [-0.15, -0.1) is 0 Å². The number of rotatable bonds is 5. The zero-order valence-corrected chi connectivity index (χ0v) is 11.8. The molecule has 3 heterocycles. The molecule has 2 unspecified atom stereocenters. The van der Waals surface area contributed by atoms with E-state index in [1.165, 1.54) is 25.1 Å². The lowest BCUT2D eigenvalue weighted by molar-refractivity contribution is -0.0470. The summed E-state index contributed by atoms with van der Waals surface area (Å²) < 4.78 is 8.24. The van der Waals surface area contributed by atoms with Crippen molar-refractivity contribution in [2.24, 2.45) is 0 Å². The summed E-state index contributed by atoms with van der Waals surface area (Å²) in [6.07, 6.45) is 5.17. The molecule has 2 aliphatic heterocycles. The molecule has 0 aromatic carbocycles. The van der Waals surface area contributed by atoms with Crippen LogP contribution in [-0.4, -0.2) is 47.9 Å². The van der Waals surface area contributed by atoms with Gasteiger partial charge in [0.05, 0.1) is 12.7 Å². The average molecular weight is 263 g/mol. The Labute approximate surface area is 115 Å². The Hall–Kier alpha value is -0.840. The number of aryl methyl sites for hydroxylation is 1. The molecular weight excluding hydrogens is 238 g/mol. The second-order valence-corrected chi connectivity index (χ2v) is 5.66. The third-order valence-corrected chi connectivity index (χ3v) is 4.40. The van der Waals surface area contributed by atoms with Gasteiger partial charge in [-0.25, -0.2) is 0 Å². The van der Waals surface area contributed by atoms with Gasteiger partial charge in [-0.3, -0.25) is 4.90 Å². The van der Waals surface area contributed by atoms with Crippen LogP contribution >= 0.6 is 0 Å². The highest BCUT2D eigenvalue weighted by Gasteiger charge is 2.31. The van der Waals surface area contributed by atoms with Crippen molar-refractivity contribution in [1.82, 2.24) is 14.8 Å². The summed E-state index contributed by atoms with van der Waals surface area (Å²) in [4.78, 5) is 2.60. The molecule has 1 aromatic heterocycles. The van der Waals surface area contributed by atoms with Gasteiger partial charge >= 0.3 is 0 Å². The van der Waals surface area contributed by atoms with Gasteiger partial charge in [-0.1, -0.05) is 0 Å². The highest BCUT2D eigenvalue weighted by atomic mass is 16.5. The molecule has 1 aromatic rings. The fourth-order valence-corrected chi connectivity index (χ4v) is 3.29. The lowest BCUT2D eigenvalue weighted by Crippen LogP contribution is -2.49. The van der Waals surface area contributed by atoms with E-state index in [1.807, 2.05) is 0 Å². The maximum Gasteiger partial charge on any atom is 0.0827 e. The molecule has 2 aliphatic rings. The number of ether oxygens (including phenoxy) is 1. The van der Waals surface area contributed by atoms with Gasteiger partial charge in [0.15, 0.2) is 0 Å². The predicted molar refractivity (Wildman–Crippen MR) is 76.1 cm³/mol. The standard InChI is InChI=1S/C15H25N3O/c1-2-17-7-3-5-13(17)9-16-10-15-11-18-8-4-6-14(18)12-19-15/h3,5,7,14-16H,2,4,6,8-12H2,1H3. The van der Waals surface area contributed by atoms with Crippen LogP contribution in [0.4, 0.5) is 0 Å². The van der Waals surface area contributed by atoms with E-state index >= 15 is 0 Å². The monoisotopic (exact) mass is 263 g/mol. The zero-order valence-electron chi connectivity index (χ0n) is 11.8. The maximum atomic E-state index is 5.96. The summed E-state index contributed by atoms with van der Waals surface area (Å²) in [6, 6.07) is 5.01. The van der Waals surface area contributed by atoms with E-state index in [4.69, 9.17) is 4.74 Å². The first kappa shape index (κ1) is 13.2. The van der Waals surface area contributed by atoms with Crippen molar-refractivity contribution < 1.29 is 4.74 Å². The predicted octanol–water partition coefficient (Wildman–Crippen LogP) is 1.46. The fourth-order valence-electron chi connectivity index (χ4n) is 3.29. The maximum absolute atomic E-state index is 5.96. The minimum atomic E-state index is 0.361. The van der Waals surface area contributed by atoms with E-state index in [-0.39, 0.29) is 0 Å². The molecule has 4 nitrogen and oxygen atoms in total. The first-order chi connectivity index (χ1) is 9.36. The van der Waals surface area contributed by atoms with E-state index in [1.54, 1.807) is 0 Å². The molecule has 0 saturated carbocycles. The van der Waals surface area contributed by atoms with Gasteiger partial charge in [0.2, 0.25) is 0 Å². The van der Waals surface area contributed by atoms with Crippen molar-refractivity contribution in [3.8, 4) is 0 Å². The second-order valence-electron chi connectivity index (χ2n) is 5.66. The van der Waals surface area contributed by atoms with E-state index in [9.17, 15) is 0 Å². The molecule has 2 saturated heterocycles. The van der Waals surface area contributed by atoms with Crippen LogP contribution in [0.5, 0.6) is 0 Å². The summed E-state index contributed by atoms with van der Waals surface area (Å²) in [5.41, 5.74) is 1.36. The number of hydrogen-bond donors (Lipinski definition) is 1. The minimum Gasteiger partial charge on any atom is -0.374 e. The molecule has 2 atom stereocenters. The van der Waals surface area contributed by atoms with E-state index < -0.39 is 0 Å². The average Bonchev–Trinajstić information content (AvgIpc) is 3.06. The first-order valence-electron chi connectivity index (χ1n) is 7.57. The Morgan fingerprint density at radius 3 is 3.32 bits per heavy atom. The summed E-state index contributed by atoms with van der Waals surface area (Å²) in [5.74, 6) is 0. The third-order valence-electron chi connectivity index (χ3n) is 4.40. The van der Waals surface area contributed by atoms with Crippen LogP contribution in [0.2, 0.25) is 0 Å². The Balaban J connectivity index is 1.43. The quantitative estimate of drug-likeness (QED) is 0.872. The molecule has 0 radical (unpaired) electrons. The van der Waals surface area contributed by atoms with Gasteiger partial charge < -0.3 is 14.6 Å². The molecular formula is C15H25N3O. The number of nitrogens with one attached hydrogen (secondary N) is 1. The first-order valence-corrected chi connectivity index (χ1v) is 7.57. The zero-order chi connectivity index (χ0) is 13.1. The van der Waals surface area contributed by atoms with Gasteiger partial charge in [-0.05, 0) is 38.4 Å². The Morgan fingerprint density at radius 1 is 1.47 bits per heavy atom. The lowest BCUT2D eigenvalue weighted by Gasteiger charge is -2.35. The smallest absolute Gasteiger partial charge is 0.0827 e. The largest absolute Gasteiger partial charge is 0.374 e. The SMILES string of the molecule is CCn1cccc1CNCC1CN2CCCC2CO1. The van der Waals surface area contributed by atoms with Gasteiger partial charge in [-0.2, -0.15) is 0 Å². The number of aromatic nitrogens is 1. The van der Waals surface area contributed by atoms with Gasteiger partial charge in [0.1, 0.15) is 0 Å². The van der Waals surface area contributed by atoms with Crippen molar-refractivity contribution in [3.63, 3.8) is 0 Å². The third kappa shape index (κ3) is 3.02. The number of nitrogens with zero attached hydrogens (tertiary/aromatic N) is 2. The van der Waals surface area contributed by atoms with Crippen molar-refractivity contribution in [3.05, 3.63) is 24.0 Å². The molecule has 19 heavy (non-hydrogen) atoms. The van der Waals surface area contributed by atoms with Crippen molar-refractivity contribution >= 4 is 0 Å². The van der Waals surface area contributed by atoms with Crippen LogP contribution in [0.25, 0.3) is 0 Å². The van der Waals surface area contributed by atoms with E-state index in [2.05, 4.69) is 40.0 Å². The molecule has 1 N–H and O–H groups in total. The van der Waals surface area contributed by atoms with Crippen LogP contribution in [0.1, 0.15) is 25.5 Å². The molecule has 0 amide bonds. The molecule has 106 valence electrons. The van der Waals surface area contributed by atoms with Crippen molar-refractivity contribution in [2.75, 3.05) is 26.2 Å². The van der Waals surface area contributed by atoms with Gasteiger partial charge in [0, 0.05) is 44.1 Å². The van der Waals surface area contributed by atoms with Crippen LogP contribution in [0, 0.1) is 0 Å². The summed E-state index contributed by atoms with van der Waals surface area (Å²) in [6.45, 7) is 8.41. The number of fused-ring (bicyclic) bond motifs is 1. The summed E-state index contributed by atoms with van der Waals surface area (Å²) >= 11 is 0. The minimum absolute atomic E-state index is 0.361. The summed E-state index contributed by atoms with van der Waals surface area (Å²) in [5, 5.41) is 3.54. The van der Waals surface area contributed by atoms with Crippen molar-refractivity contribution in [2.45, 2.75) is 45.0 Å². The molecule has 3 rings (SSSR count). The van der Waals surface area contributed by atoms with Crippen LogP contribution in [-0.2, 0) is 17.8 Å². The molecule has 0 aliphatic carbocycles. The van der Waals surface area contributed by atoms with Crippen LogP contribution in [0.3, 0.4) is 0 Å². The number of hydrogen-bond acceptors (Lipinski definition) is 3. The Bertz CT molecular complexity index is 404. The van der Waals surface area contributed by atoms with E-state index in [0.717, 1.165) is 32.8 Å². The topological polar surface area (TPSA) is 29.4 Å². The lowest BCUT2D eigenvalue weighted by atomic mass is 10.2. The van der Waals surface area contributed by atoms with E-state index in [0.29, 0.717) is 12.1 Å². The van der Waals surface area contributed by atoms with Gasteiger partial charge in [0.25, 0.3) is 0 Å². The van der Waals surface area contributed by atoms with Crippen molar-refractivity contribution in [1.29, 1.82) is 0 Å². The highest BCUT2D eigenvalue weighted by Crippen LogP contribution is 2.22. The van der Waals surface area contributed by atoms with Crippen LogP contribution < -0.4 is 5.32 Å². The Kier molecular flexibility index (Phi) is 4.21. The molecule has 2 fully saturated rings. The fraction of sp³-hybridized carbons (Fsp3) is 0.733. The Morgan fingerprint density at radius 2 is 2.42 bits per heavy atom. The number of morpholine rings is 1. The molecule has 4 heteroatoms. The second kappa shape index (κ2) is 6.07. The highest BCUT2D eigenvalue weighted by molar-refractivity contribution is 5.06. The molecule has 0 bridgehead atoms. The van der Waals surface area contributed by atoms with Crippen LogP contribution in [0.15, 0.2) is 18.3 Å². The molecule has 0 spiro atoms. The normalized spacial score (nSPS) is 27.6.